The number of hydrogen-bond acceptors (Lipinski definition) is 3. The molecule has 2 rings (SSSR count). The van der Waals surface area contributed by atoms with Crippen molar-refractivity contribution in [1.29, 1.82) is 0 Å². The number of amides is 2. The van der Waals surface area contributed by atoms with E-state index in [2.05, 4.69) is 10.7 Å². The summed E-state index contributed by atoms with van der Waals surface area (Å²) in [5.74, 6) is 0.115. The van der Waals surface area contributed by atoms with Gasteiger partial charge in [-0.2, -0.15) is 0 Å². The monoisotopic (exact) mass is 227 g/mol. The fourth-order valence-electron chi connectivity index (χ4n) is 2.64. The molecule has 1 saturated carbocycles. The van der Waals surface area contributed by atoms with Crippen molar-refractivity contribution < 1.29 is 14.7 Å². The maximum atomic E-state index is 11.5. The Labute approximate surface area is 94.0 Å². The first kappa shape index (κ1) is 11.2. The summed E-state index contributed by atoms with van der Waals surface area (Å²) in [6.07, 6.45) is 2.83. The van der Waals surface area contributed by atoms with Crippen LogP contribution in [0.3, 0.4) is 0 Å². The lowest BCUT2D eigenvalue weighted by atomic mass is 9.78. The van der Waals surface area contributed by atoms with Crippen LogP contribution in [0, 0.1) is 0 Å². The predicted octanol–water partition coefficient (Wildman–Crippen LogP) is 0.302. The molecule has 6 nitrogen and oxygen atoms in total. The molecule has 90 valence electrons. The van der Waals surface area contributed by atoms with Gasteiger partial charge in [-0.05, 0) is 25.7 Å². The van der Waals surface area contributed by atoms with E-state index in [4.69, 9.17) is 5.11 Å². The van der Waals surface area contributed by atoms with Gasteiger partial charge < -0.3 is 10.4 Å². The summed E-state index contributed by atoms with van der Waals surface area (Å²) in [6.45, 7) is 0. The summed E-state index contributed by atoms with van der Waals surface area (Å²) in [6, 6.07) is 0.0333. The second-order valence-electron chi connectivity index (χ2n) is 4.75. The lowest BCUT2D eigenvalue weighted by Crippen LogP contribution is -2.50. The van der Waals surface area contributed by atoms with E-state index in [1.807, 2.05) is 0 Å². The van der Waals surface area contributed by atoms with Crippen molar-refractivity contribution in [2.45, 2.75) is 43.7 Å². The Kier molecular flexibility index (Phi) is 2.75. The molecule has 1 aliphatic heterocycles. The highest BCUT2D eigenvalue weighted by atomic mass is 16.4. The van der Waals surface area contributed by atoms with E-state index >= 15 is 0 Å². The van der Waals surface area contributed by atoms with Crippen molar-refractivity contribution in [2.24, 2.45) is 0 Å². The smallest absolute Gasteiger partial charge is 0.404 e. The molecule has 2 amide bonds. The van der Waals surface area contributed by atoms with Gasteiger partial charge in [-0.1, -0.05) is 0 Å². The summed E-state index contributed by atoms with van der Waals surface area (Å²) < 4.78 is 0. The zero-order chi connectivity index (χ0) is 11.8. The van der Waals surface area contributed by atoms with Crippen LogP contribution in [0.1, 0.15) is 32.1 Å². The van der Waals surface area contributed by atoms with E-state index in [1.165, 1.54) is 0 Å². The minimum absolute atomic E-state index is 0.0333. The van der Waals surface area contributed by atoms with Crippen LogP contribution in [-0.4, -0.2) is 40.7 Å². The van der Waals surface area contributed by atoms with E-state index in [1.54, 1.807) is 12.1 Å². The van der Waals surface area contributed by atoms with Crippen LogP contribution in [0.2, 0.25) is 0 Å². The zero-order valence-corrected chi connectivity index (χ0v) is 9.32. The standard InChI is InChI=1S/C10H17N3O3/c1-13-8(14)6-10(12-13)4-2-7(3-5-10)11-9(15)16/h7,11-12H,2-6H2,1H3,(H,15,16). The van der Waals surface area contributed by atoms with Crippen molar-refractivity contribution in [3.05, 3.63) is 0 Å². The lowest BCUT2D eigenvalue weighted by molar-refractivity contribution is -0.128. The molecule has 1 saturated heterocycles. The fraction of sp³-hybridized carbons (Fsp3) is 0.800. The number of carbonyl (C=O) groups excluding carboxylic acids is 1. The number of hydrazine groups is 1. The van der Waals surface area contributed by atoms with Crippen LogP contribution in [0.5, 0.6) is 0 Å². The van der Waals surface area contributed by atoms with E-state index in [0.29, 0.717) is 6.42 Å². The van der Waals surface area contributed by atoms with Gasteiger partial charge in [0.15, 0.2) is 0 Å². The van der Waals surface area contributed by atoms with Gasteiger partial charge in [-0.15, -0.1) is 0 Å². The third-order valence-corrected chi connectivity index (χ3v) is 3.54. The van der Waals surface area contributed by atoms with Crippen LogP contribution in [0.15, 0.2) is 0 Å². The van der Waals surface area contributed by atoms with Crippen LogP contribution in [-0.2, 0) is 4.79 Å². The Balaban J connectivity index is 1.90. The highest BCUT2D eigenvalue weighted by molar-refractivity contribution is 5.79. The van der Waals surface area contributed by atoms with Crippen molar-refractivity contribution in [3.8, 4) is 0 Å². The summed E-state index contributed by atoms with van der Waals surface area (Å²) in [7, 11) is 1.73. The molecule has 6 heteroatoms. The SMILES string of the molecule is CN1NC2(CCC(NC(=O)O)CC2)CC1=O. The quantitative estimate of drug-likeness (QED) is 0.602. The molecule has 1 spiro atoms. The molecule has 16 heavy (non-hydrogen) atoms. The second kappa shape index (κ2) is 3.93. The zero-order valence-electron chi connectivity index (χ0n) is 9.32. The van der Waals surface area contributed by atoms with E-state index in [9.17, 15) is 9.59 Å². The average Bonchev–Trinajstić information content (AvgIpc) is 2.46. The fourth-order valence-corrected chi connectivity index (χ4v) is 2.64. The molecule has 2 aliphatic rings. The third-order valence-electron chi connectivity index (χ3n) is 3.54. The summed E-state index contributed by atoms with van der Waals surface area (Å²) in [4.78, 5) is 22.0. The molecule has 3 N–H and O–H groups in total. The molecule has 0 atom stereocenters. The summed E-state index contributed by atoms with van der Waals surface area (Å²) in [5.41, 5.74) is 3.08. The molecular weight excluding hydrogens is 210 g/mol. The highest BCUT2D eigenvalue weighted by Crippen LogP contribution is 2.34. The molecule has 0 unspecified atom stereocenters. The van der Waals surface area contributed by atoms with Gasteiger partial charge in [-0.25, -0.2) is 10.2 Å². The molecule has 2 fully saturated rings. The molecule has 0 radical (unpaired) electrons. The van der Waals surface area contributed by atoms with Crippen molar-refractivity contribution in [2.75, 3.05) is 7.05 Å². The molecule has 0 aromatic heterocycles. The van der Waals surface area contributed by atoms with Crippen LogP contribution < -0.4 is 10.7 Å². The van der Waals surface area contributed by atoms with Gasteiger partial charge >= 0.3 is 6.09 Å². The van der Waals surface area contributed by atoms with Crippen LogP contribution in [0.4, 0.5) is 4.79 Å². The van der Waals surface area contributed by atoms with Gasteiger partial charge in [0.05, 0.1) is 0 Å². The van der Waals surface area contributed by atoms with Gasteiger partial charge in [0.1, 0.15) is 0 Å². The number of hydrogen-bond donors (Lipinski definition) is 3. The van der Waals surface area contributed by atoms with Gasteiger partial charge in [0.25, 0.3) is 0 Å². The minimum atomic E-state index is -0.964. The first-order valence-electron chi connectivity index (χ1n) is 5.55. The predicted molar refractivity (Wildman–Crippen MR) is 56.7 cm³/mol. The first-order chi connectivity index (χ1) is 7.51. The Morgan fingerprint density at radius 1 is 1.56 bits per heavy atom. The van der Waals surface area contributed by atoms with Crippen molar-refractivity contribution in [3.63, 3.8) is 0 Å². The number of carbonyl (C=O) groups is 2. The summed E-state index contributed by atoms with van der Waals surface area (Å²) in [5, 5.41) is 12.7. The summed E-state index contributed by atoms with van der Waals surface area (Å²) >= 11 is 0. The van der Waals surface area contributed by atoms with Gasteiger partial charge in [0, 0.05) is 25.0 Å². The van der Waals surface area contributed by atoms with Crippen LogP contribution in [0.25, 0.3) is 0 Å². The molecule has 1 aliphatic carbocycles. The Bertz CT molecular complexity index is 310. The number of rotatable bonds is 1. The largest absolute Gasteiger partial charge is 0.465 e. The number of nitrogens with zero attached hydrogens (tertiary/aromatic N) is 1. The van der Waals surface area contributed by atoms with Gasteiger partial charge in [-0.3, -0.25) is 9.80 Å². The average molecular weight is 227 g/mol. The van der Waals surface area contributed by atoms with Crippen LogP contribution >= 0.6 is 0 Å². The third kappa shape index (κ3) is 2.11. The number of carboxylic acid groups (broad SMARTS) is 1. The topological polar surface area (TPSA) is 81.7 Å². The maximum Gasteiger partial charge on any atom is 0.404 e. The van der Waals surface area contributed by atoms with Crippen molar-refractivity contribution >= 4 is 12.0 Å². The Morgan fingerprint density at radius 2 is 2.19 bits per heavy atom. The number of nitrogens with one attached hydrogen (secondary N) is 2. The molecule has 0 bridgehead atoms. The van der Waals surface area contributed by atoms with E-state index < -0.39 is 6.09 Å². The van der Waals surface area contributed by atoms with Crippen molar-refractivity contribution in [1.82, 2.24) is 15.8 Å². The highest BCUT2D eigenvalue weighted by Gasteiger charge is 2.43. The molecule has 1 heterocycles. The normalized spacial score (nSPS) is 34.4. The molecule has 0 aromatic rings. The Hall–Kier alpha value is -1.30. The molecule has 0 aromatic carbocycles. The van der Waals surface area contributed by atoms with Gasteiger partial charge in [0.2, 0.25) is 5.91 Å². The molecular formula is C10H17N3O3. The van der Waals surface area contributed by atoms with E-state index in [0.717, 1.165) is 25.7 Å². The van der Waals surface area contributed by atoms with E-state index in [-0.39, 0.29) is 17.5 Å². The lowest BCUT2D eigenvalue weighted by Gasteiger charge is -2.36. The Morgan fingerprint density at radius 3 is 2.62 bits per heavy atom. The second-order valence-corrected chi connectivity index (χ2v) is 4.75. The minimum Gasteiger partial charge on any atom is -0.465 e. The first-order valence-corrected chi connectivity index (χ1v) is 5.55. The maximum absolute atomic E-state index is 11.5.